The van der Waals surface area contributed by atoms with E-state index in [1.54, 1.807) is 18.1 Å². The molecular formula is C16H21ClN6OS. The summed E-state index contributed by atoms with van der Waals surface area (Å²) < 4.78 is 0. The molecule has 1 amide bonds. The lowest BCUT2D eigenvalue weighted by Gasteiger charge is -2.28. The van der Waals surface area contributed by atoms with Crippen molar-refractivity contribution in [2.45, 2.75) is 18.9 Å². The molecule has 2 aromatic heterocycles. The lowest BCUT2D eigenvalue weighted by atomic mass is 10.1. The summed E-state index contributed by atoms with van der Waals surface area (Å²) in [5.74, 6) is 1.71. The highest BCUT2D eigenvalue weighted by Crippen LogP contribution is 2.29. The van der Waals surface area contributed by atoms with E-state index in [2.05, 4.69) is 25.6 Å². The number of hydrogen-bond donors (Lipinski definition) is 3. The topological polar surface area (TPSA) is 85.9 Å². The quantitative estimate of drug-likeness (QED) is 0.750. The lowest BCUT2D eigenvalue weighted by Crippen LogP contribution is -2.46. The first-order valence-electron chi connectivity index (χ1n) is 8.22. The predicted octanol–water partition coefficient (Wildman–Crippen LogP) is 1.64. The second-order valence-electron chi connectivity index (χ2n) is 5.99. The van der Waals surface area contributed by atoms with Gasteiger partial charge in [-0.2, -0.15) is 0 Å². The molecule has 134 valence electrons. The van der Waals surface area contributed by atoms with Crippen molar-refractivity contribution in [1.29, 1.82) is 0 Å². The van der Waals surface area contributed by atoms with E-state index in [1.807, 2.05) is 23.4 Å². The summed E-state index contributed by atoms with van der Waals surface area (Å²) in [4.78, 5) is 27.1. The average Bonchev–Trinajstić information content (AvgIpc) is 3.11. The zero-order valence-corrected chi connectivity index (χ0v) is 15.3. The number of H-pyrrole nitrogens is 1. The number of thioether (sulfide) groups is 1. The first kappa shape index (κ1) is 18.0. The number of rotatable bonds is 3. The van der Waals surface area contributed by atoms with Crippen molar-refractivity contribution in [3.63, 3.8) is 0 Å². The van der Waals surface area contributed by atoms with Gasteiger partial charge in [0.2, 0.25) is 0 Å². The molecule has 1 fully saturated rings. The zero-order valence-electron chi connectivity index (χ0n) is 13.7. The molecule has 2 aromatic rings. The van der Waals surface area contributed by atoms with Crippen molar-refractivity contribution in [3.05, 3.63) is 29.7 Å². The molecule has 2 aliphatic rings. The van der Waals surface area contributed by atoms with Crippen molar-refractivity contribution in [2.24, 2.45) is 0 Å². The summed E-state index contributed by atoms with van der Waals surface area (Å²) in [6.07, 6.45) is 7.46. The lowest BCUT2D eigenvalue weighted by molar-refractivity contribution is -0.117. The number of halogens is 1. The van der Waals surface area contributed by atoms with Gasteiger partial charge in [-0.05, 0) is 25.5 Å². The smallest absolute Gasteiger partial charge is 0.259 e. The van der Waals surface area contributed by atoms with Crippen LogP contribution in [0, 0.1) is 0 Å². The molecular weight excluding hydrogens is 360 g/mol. The van der Waals surface area contributed by atoms with Crippen LogP contribution >= 0.6 is 24.2 Å². The Morgan fingerprint density at radius 3 is 3.16 bits per heavy atom. The number of nitrogens with zero attached hydrogens (tertiary/aromatic N) is 3. The van der Waals surface area contributed by atoms with E-state index in [0.717, 1.165) is 60.0 Å². The Hall–Kier alpha value is -1.77. The molecule has 0 bridgehead atoms. The molecule has 4 rings (SSSR count). The molecule has 3 N–H and O–H groups in total. The van der Waals surface area contributed by atoms with E-state index in [4.69, 9.17) is 0 Å². The molecule has 9 heteroatoms. The minimum absolute atomic E-state index is 0. The van der Waals surface area contributed by atoms with Crippen molar-refractivity contribution >= 4 is 46.9 Å². The van der Waals surface area contributed by atoms with Crippen LogP contribution < -0.4 is 15.5 Å². The molecule has 1 atom stereocenters. The average molecular weight is 381 g/mol. The van der Waals surface area contributed by atoms with E-state index in [0.29, 0.717) is 0 Å². The monoisotopic (exact) mass is 380 g/mol. The third-order valence-corrected chi connectivity index (χ3v) is 5.31. The Bertz CT molecular complexity index is 773. The fourth-order valence-electron chi connectivity index (χ4n) is 3.11. The van der Waals surface area contributed by atoms with E-state index in [-0.39, 0.29) is 24.4 Å². The van der Waals surface area contributed by atoms with Crippen LogP contribution in [0.25, 0.3) is 11.0 Å². The van der Waals surface area contributed by atoms with Gasteiger partial charge in [0.15, 0.2) is 0 Å². The van der Waals surface area contributed by atoms with Gasteiger partial charge in [-0.15, -0.1) is 24.2 Å². The van der Waals surface area contributed by atoms with Gasteiger partial charge in [-0.3, -0.25) is 4.79 Å². The Morgan fingerprint density at radius 2 is 2.32 bits per heavy atom. The minimum Gasteiger partial charge on any atom is -0.348 e. The highest BCUT2D eigenvalue weighted by molar-refractivity contribution is 8.04. The van der Waals surface area contributed by atoms with Crippen LogP contribution in [0.15, 0.2) is 29.7 Å². The molecule has 0 spiro atoms. The number of carbonyl (C=O) groups is 1. The normalized spacial score (nSPS) is 20.7. The summed E-state index contributed by atoms with van der Waals surface area (Å²) in [5.41, 5.74) is 0.811. The van der Waals surface area contributed by atoms with E-state index < -0.39 is 0 Å². The number of aromatic amines is 1. The third kappa shape index (κ3) is 3.91. The Kier molecular flexibility index (Phi) is 5.82. The van der Waals surface area contributed by atoms with Gasteiger partial charge in [-0.1, -0.05) is 0 Å². The first-order chi connectivity index (χ1) is 11.8. The predicted molar refractivity (Wildman–Crippen MR) is 103 cm³/mol. The molecule has 2 aliphatic heterocycles. The number of amides is 1. The molecule has 0 unspecified atom stereocenters. The van der Waals surface area contributed by atoms with Gasteiger partial charge in [0.1, 0.15) is 17.8 Å². The Morgan fingerprint density at radius 1 is 1.40 bits per heavy atom. The van der Waals surface area contributed by atoms with Crippen LogP contribution in [0.2, 0.25) is 0 Å². The standard InChI is InChI=1S/C16H20N6OS.ClH/c23-16(21-11-2-1-4-17-8-11)13-9-22(6-7-24-13)15-12-3-5-18-14(12)19-10-20-15;/h3,5,9-11,17H,1-2,4,6-8H2,(H,21,23)(H,18,19,20);1H/t11-;/m1./s1. The number of piperidine rings is 1. The third-order valence-electron chi connectivity index (χ3n) is 4.32. The van der Waals surface area contributed by atoms with Crippen molar-refractivity contribution < 1.29 is 4.79 Å². The number of anilines is 1. The van der Waals surface area contributed by atoms with Crippen LogP contribution in [0.5, 0.6) is 0 Å². The van der Waals surface area contributed by atoms with Gasteiger partial charge in [0, 0.05) is 37.3 Å². The van der Waals surface area contributed by atoms with Gasteiger partial charge >= 0.3 is 0 Å². The summed E-state index contributed by atoms with van der Waals surface area (Å²) >= 11 is 1.60. The second kappa shape index (κ2) is 8.07. The second-order valence-corrected chi connectivity index (χ2v) is 7.13. The van der Waals surface area contributed by atoms with Crippen molar-refractivity contribution in [3.8, 4) is 0 Å². The van der Waals surface area contributed by atoms with Crippen LogP contribution in [0.1, 0.15) is 12.8 Å². The fourth-order valence-corrected chi connectivity index (χ4v) is 4.01. The number of aromatic nitrogens is 3. The molecule has 0 saturated carbocycles. The van der Waals surface area contributed by atoms with Gasteiger partial charge in [-0.25, -0.2) is 9.97 Å². The maximum atomic E-state index is 12.6. The molecule has 0 aliphatic carbocycles. The van der Waals surface area contributed by atoms with E-state index >= 15 is 0 Å². The molecule has 0 radical (unpaired) electrons. The van der Waals surface area contributed by atoms with Gasteiger partial charge in [0.05, 0.1) is 10.3 Å². The highest BCUT2D eigenvalue weighted by Gasteiger charge is 2.23. The number of carbonyl (C=O) groups excluding carboxylic acids is 1. The zero-order chi connectivity index (χ0) is 16.4. The van der Waals surface area contributed by atoms with Gasteiger partial charge < -0.3 is 20.5 Å². The van der Waals surface area contributed by atoms with E-state index in [1.165, 1.54) is 0 Å². The maximum Gasteiger partial charge on any atom is 0.259 e. The van der Waals surface area contributed by atoms with Crippen LogP contribution in [0.4, 0.5) is 5.82 Å². The van der Waals surface area contributed by atoms with Crippen molar-refractivity contribution in [2.75, 3.05) is 30.3 Å². The van der Waals surface area contributed by atoms with E-state index in [9.17, 15) is 4.79 Å². The van der Waals surface area contributed by atoms with Crippen LogP contribution in [0.3, 0.4) is 0 Å². The molecule has 25 heavy (non-hydrogen) atoms. The summed E-state index contributed by atoms with van der Waals surface area (Å²) in [7, 11) is 0. The first-order valence-corrected chi connectivity index (χ1v) is 9.21. The van der Waals surface area contributed by atoms with Crippen molar-refractivity contribution in [1.82, 2.24) is 25.6 Å². The maximum absolute atomic E-state index is 12.6. The summed E-state index contributed by atoms with van der Waals surface area (Å²) in [6, 6.07) is 2.19. The molecule has 4 heterocycles. The summed E-state index contributed by atoms with van der Waals surface area (Å²) in [5, 5.41) is 7.43. The number of hydrogen-bond acceptors (Lipinski definition) is 6. The summed E-state index contributed by atoms with van der Waals surface area (Å²) in [6.45, 7) is 2.71. The number of fused-ring (bicyclic) bond motifs is 1. The van der Waals surface area contributed by atoms with Gasteiger partial charge in [0.25, 0.3) is 5.91 Å². The largest absolute Gasteiger partial charge is 0.348 e. The molecule has 1 saturated heterocycles. The minimum atomic E-state index is 0. The SMILES string of the molecule is Cl.O=C(N[C@@H]1CCCNC1)C1=CN(c2ncnc3[nH]ccc23)CCS1. The Labute approximate surface area is 156 Å². The Balaban J connectivity index is 0.00000182. The van der Waals surface area contributed by atoms with Crippen LogP contribution in [-0.4, -0.2) is 52.3 Å². The molecule has 0 aromatic carbocycles. The number of nitrogens with one attached hydrogen (secondary N) is 3. The highest BCUT2D eigenvalue weighted by atomic mass is 35.5. The fraction of sp³-hybridized carbons (Fsp3) is 0.438. The molecule has 7 nitrogen and oxygen atoms in total. The van der Waals surface area contributed by atoms with Crippen LogP contribution in [-0.2, 0) is 4.79 Å².